The molecule has 2 saturated heterocycles. The van der Waals surface area contributed by atoms with Crippen molar-refractivity contribution in [3.05, 3.63) is 23.9 Å². The number of nitrogens with zero attached hydrogens (tertiary/aromatic N) is 3. The van der Waals surface area contributed by atoms with Crippen molar-refractivity contribution < 1.29 is 0 Å². The standard InChI is InChI=1S/C17H28N4/c1-13(2)20(3)17-7-4-14(10-19-17)12-21-15-5-6-16(21)11-18-9-8-15/h4,7,10,13,15-16,18H,5-6,8-9,11-12H2,1-3H3. The van der Waals surface area contributed by atoms with Crippen LogP contribution < -0.4 is 10.2 Å². The number of rotatable bonds is 4. The van der Waals surface area contributed by atoms with Gasteiger partial charge in [0.15, 0.2) is 0 Å². The molecule has 0 aromatic carbocycles. The first-order valence-electron chi connectivity index (χ1n) is 8.29. The van der Waals surface area contributed by atoms with Gasteiger partial charge in [-0.25, -0.2) is 4.98 Å². The Balaban J connectivity index is 1.68. The SMILES string of the molecule is CC(C)N(C)c1ccc(CN2C3CCNCC2CC3)cn1. The van der Waals surface area contributed by atoms with Gasteiger partial charge in [-0.15, -0.1) is 0 Å². The minimum Gasteiger partial charge on any atom is -0.357 e. The number of hydrogen-bond donors (Lipinski definition) is 1. The zero-order valence-electron chi connectivity index (χ0n) is 13.5. The van der Waals surface area contributed by atoms with Crippen molar-refractivity contribution in [1.29, 1.82) is 0 Å². The molecule has 21 heavy (non-hydrogen) atoms. The highest BCUT2D eigenvalue weighted by Gasteiger charge is 2.34. The Labute approximate surface area is 128 Å². The topological polar surface area (TPSA) is 31.4 Å². The summed E-state index contributed by atoms with van der Waals surface area (Å²) in [6, 6.07) is 6.38. The fourth-order valence-corrected chi connectivity index (χ4v) is 3.53. The van der Waals surface area contributed by atoms with Gasteiger partial charge < -0.3 is 10.2 Å². The first-order chi connectivity index (χ1) is 10.1. The lowest BCUT2D eigenvalue weighted by molar-refractivity contribution is 0.193. The van der Waals surface area contributed by atoms with Crippen molar-refractivity contribution in [3.63, 3.8) is 0 Å². The van der Waals surface area contributed by atoms with Crippen molar-refractivity contribution in [3.8, 4) is 0 Å². The highest BCUT2D eigenvalue weighted by atomic mass is 15.2. The van der Waals surface area contributed by atoms with Crippen LogP contribution in [0.1, 0.15) is 38.7 Å². The van der Waals surface area contributed by atoms with E-state index in [0.717, 1.165) is 31.0 Å². The summed E-state index contributed by atoms with van der Waals surface area (Å²) in [6.07, 6.45) is 6.07. The summed E-state index contributed by atoms with van der Waals surface area (Å²) in [5.41, 5.74) is 1.34. The van der Waals surface area contributed by atoms with Gasteiger partial charge in [-0.1, -0.05) is 6.07 Å². The minimum atomic E-state index is 0.482. The lowest BCUT2D eigenvalue weighted by Crippen LogP contribution is -2.37. The van der Waals surface area contributed by atoms with Crippen molar-refractivity contribution in [2.24, 2.45) is 0 Å². The van der Waals surface area contributed by atoms with Gasteiger partial charge in [0.25, 0.3) is 0 Å². The Morgan fingerprint density at radius 2 is 2.10 bits per heavy atom. The zero-order chi connectivity index (χ0) is 14.8. The second-order valence-corrected chi connectivity index (χ2v) is 6.78. The van der Waals surface area contributed by atoms with Crippen LogP contribution in [-0.2, 0) is 6.54 Å². The highest BCUT2D eigenvalue weighted by Crippen LogP contribution is 2.29. The molecule has 2 bridgehead atoms. The van der Waals surface area contributed by atoms with Gasteiger partial charge in [-0.2, -0.15) is 0 Å². The van der Waals surface area contributed by atoms with Crippen molar-refractivity contribution in [2.45, 2.75) is 57.8 Å². The first-order valence-corrected chi connectivity index (χ1v) is 8.29. The summed E-state index contributed by atoms with van der Waals surface area (Å²) in [7, 11) is 2.10. The molecule has 2 aliphatic rings. The van der Waals surface area contributed by atoms with Crippen molar-refractivity contribution in [1.82, 2.24) is 15.2 Å². The van der Waals surface area contributed by atoms with E-state index in [1.165, 1.54) is 31.4 Å². The molecule has 0 radical (unpaired) electrons. The number of aromatic nitrogens is 1. The minimum absolute atomic E-state index is 0.482. The van der Waals surface area contributed by atoms with Crippen LogP contribution in [0.25, 0.3) is 0 Å². The number of fused-ring (bicyclic) bond motifs is 2. The van der Waals surface area contributed by atoms with Gasteiger partial charge in [0.05, 0.1) is 0 Å². The number of hydrogen-bond acceptors (Lipinski definition) is 4. The third-order valence-electron chi connectivity index (χ3n) is 5.12. The maximum atomic E-state index is 4.64. The molecule has 2 atom stereocenters. The van der Waals surface area contributed by atoms with E-state index < -0.39 is 0 Å². The monoisotopic (exact) mass is 288 g/mol. The molecular formula is C17H28N4. The molecule has 2 aliphatic heterocycles. The van der Waals surface area contributed by atoms with E-state index in [0.29, 0.717) is 6.04 Å². The molecule has 0 spiro atoms. The molecule has 4 nitrogen and oxygen atoms in total. The Morgan fingerprint density at radius 3 is 2.81 bits per heavy atom. The third kappa shape index (κ3) is 3.22. The van der Waals surface area contributed by atoms with Crippen LogP contribution in [0, 0.1) is 0 Å². The maximum Gasteiger partial charge on any atom is 0.128 e. The van der Waals surface area contributed by atoms with E-state index in [1.54, 1.807) is 0 Å². The molecule has 3 heterocycles. The molecule has 3 rings (SSSR count). The summed E-state index contributed by atoms with van der Waals surface area (Å²) in [4.78, 5) is 9.55. The van der Waals surface area contributed by atoms with Gasteiger partial charge in [0.1, 0.15) is 5.82 Å². The van der Waals surface area contributed by atoms with Gasteiger partial charge >= 0.3 is 0 Å². The van der Waals surface area contributed by atoms with Crippen LogP contribution in [0.2, 0.25) is 0 Å². The second-order valence-electron chi connectivity index (χ2n) is 6.78. The van der Waals surface area contributed by atoms with Gasteiger partial charge in [-0.05, 0) is 51.3 Å². The quantitative estimate of drug-likeness (QED) is 0.921. The molecule has 2 fully saturated rings. The highest BCUT2D eigenvalue weighted by molar-refractivity contribution is 5.39. The third-order valence-corrected chi connectivity index (χ3v) is 5.12. The molecule has 116 valence electrons. The number of nitrogens with one attached hydrogen (secondary N) is 1. The molecule has 1 N–H and O–H groups in total. The summed E-state index contributed by atoms with van der Waals surface area (Å²) < 4.78 is 0. The van der Waals surface area contributed by atoms with Crippen molar-refractivity contribution >= 4 is 5.82 Å². The summed E-state index contributed by atoms with van der Waals surface area (Å²) >= 11 is 0. The largest absolute Gasteiger partial charge is 0.357 e. The van der Waals surface area contributed by atoms with Gasteiger partial charge in [0, 0.05) is 44.5 Å². The summed E-state index contributed by atoms with van der Waals surface area (Å²) in [6.45, 7) is 7.76. The molecule has 0 saturated carbocycles. The summed E-state index contributed by atoms with van der Waals surface area (Å²) in [5, 5.41) is 3.57. The van der Waals surface area contributed by atoms with E-state index >= 15 is 0 Å². The van der Waals surface area contributed by atoms with E-state index in [9.17, 15) is 0 Å². The lowest BCUT2D eigenvalue weighted by atomic mass is 10.1. The average Bonchev–Trinajstić information content (AvgIpc) is 2.72. The zero-order valence-corrected chi connectivity index (χ0v) is 13.5. The van der Waals surface area contributed by atoms with Crippen LogP contribution in [0.5, 0.6) is 0 Å². The molecule has 0 aliphatic carbocycles. The maximum absolute atomic E-state index is 4.64. The second kappa shape index (κ2) is 6.32. The van der Waals surface area contributed by atoms with Crippen LogP contribution in [0.4, 0.5) is 5.82 Å². The fourth-order valence-electron chi connectivity index (χ4n) is 3.53. The van der Waals surface area contributed by atoms with Crippen LogP contribution in [0.15, 0.2) is 18.3 Å². The van der Waals surface area contributed by atoms with Gasteiger partial charge in [-0.3, -0.25) is 4.90 Å². The number of pyridine rings is 1. The molecule has 0 amide bonds. The van der Waals surface area contributed by atoms with E-state index in [4.69, 9.17) is 0 Å². The normalized spacial score (nSPS) is 26.1. The smallest absolute Gasteiger partial charge is 0.128 e. The van der Waals surface area contributed by atoms with E-state index in [-0.39, 0.29) is 0 Å². The van der Waals surface area contributed by atoms with Crippen LogP contribution >= 0.6 is 0 Å². The Morgan fingerprint density at radius 1 is 1.29 bits per heavy atom. The molecule has 4 heteroatoms. The van der Waals surface area contributed by atoms with E-state index in [1.807, 2.05) is 0 Å². The van der Waals surface area contributed by atoms with Crippen LogP contribution in [0.3, 0.4) is 0 Å². The molecular weight excluding hydrogens is 260 g/mol. The predicted octanol–water partition coefficient (Wildman–Crippen LogP) is 2.25. The average molecular weight is 288 g/mol. The Bertz CT molecular complexity index is 442. The fraction of sp³-hybridized carbons (Fsp3) is 0.706. The summed E-state index contributed by atoms with van der Waals surface area (Å²) in [5.74, 6) is 1.06. The van der Waals surface area contributed by atoms with Crippen molar-refractivity contribution in [2.75, 3.05) is 25.0 Å². The lowest BCUT2D eigenvalue weighted by Gasteiger charge is -2.28. The Kier molecular flexibility index (Phi) is 4.45. The predicted molar refractivity (Wildman–Crippen MR) is 87.6 cm³/mol. The molecule has 2 unspecified atom stereocenters. The van der Waals surface area contributed by atoms with Crippen LogP contribution in [-0.4, -0.2) is 48.1 Å². The first kappa shape index (κ1) is 14.8. The molecule has 1 aromatic heterocycles. The van der Waals surface area contributed by atoms with E-state index in [2.05, 4.69) is 59.3 Å². The Hall–Kier alpha value is -1.13. The van der Waals surface area contributed by atoms with Gasteiger partial charge in [0.2, 0.25) is 0 Å². The number of anilines is 1. The molecule has 1 aromatic rings.